The molecule has 1 fully saturated rings. The Bertz CT molecular complexity index is 560. The Morgan fingerprint density at radius 3 is 2.64 bits per heavy atom. The van der Waals surface area contributed by atoms with Gasteiger partial charge in [0, 0.05) is 57.7 Å². The van der Waals surface area contributed by atoms with Gasteiger partial charge in [0.05, 0.1) is 18.3 Å². The molecule has 0 aliphatic carbocycles. The van der Waals surface area contributed by atoms with Crippen LogP contribution < -0.4 is 0 Å². The van der Waals surface area contributed by atoms with E-state index in [0.717, 1.165) is 44.2 Å². The maximum absolute atomic E-state index is 10.1. The molecule has 3 heterocycles. The topological polar surface area (TPSA) is 70.6 Å². The lowest BCUT2D eigenvalue weighted by Crippen LogP contribution is -2.48. The number of β-amino-alcohol motifs (C(OH)–C–C–N with tert-alkyl or cyclic N) is 1. The van der Waals surface area contributed by atoms with Gasteiger partial charge in [0.1, 0.15) is 5.76 Å². The van der Waals surface area contributed by atoms with Crippen molar-refractivity contribution in [2.75, 3.05) is 32.7 Å². The van der Waals surface area contributed by atoms with E-state index >= 15 is 0 Å². The fourth-order valence-corrected chi connectivity index (χ4v) is 2.83. The van der Waals surface area contributed by atoms with Crippen molar-refractivity contribution in [3.63, 3.8) is 0 Å². The van der Waals surface area contributed by atoms with E-state index in [1.54, 1.807) is 10.9 Å². The molecular weight excluding hydrogens is 282 g/mol. The standard InChI is InChI=1S/C15H23N5O2/c1-13-9-14(17-22-13)10-18-5-7-19(8-6-18)11-15(21)12-20-4-2-3-16-20/h2-4,9,15,21H,5-8,10-12H2,1H3/t15-/m0/s1. The molecule has 0 spiro atoms. The molecule has 2 aromatic heterocycles. The zero-order valence-corrected chi connectivity index (χ0v) is 12.9. The molecule has 0 aromatic carbocycles. The Hall–Kier alpha value is -1.70. The Morgan fingerprint density at radius 1 is 1.23 bits per heavy atom. The van der Waals surface area contributed by atoms with E-state index in [1.807, 2.05) is 25.3 Å². The molecule has 22 heavy (non-hydrogen) atoms. The van der Waals surface area contributed by atoms with Gasteiger partial charge in [-0.1, -0.05) is 5.16 Å². The number of aromatic nitrogens is 3. The van der Waals surface area contributed by atoms with Crippen LogP contribution in [0.2, 0.25) is 0 Å². The number of piperazine rings is 1. The summed E-state index contributed by atoms with van der Waals surface area (Å²) >= 11 is 0. The van der Waals surface area contributed by atoms with Crippen LogP contribution >= 0.6 is 0 Å². The number of aryl methyl sites for hydroxylation is 1. The van der Waals surface area contributed by atoms with Crippen LogP contribution in [0.25, 0.3) is 0 Å². The van der Waals surface area contributed by atoms with E-state index in [0.29, 0.717) is 13.1 Å². The molecule has 1 saturated heterocycles. The van der Waals surface area contributed by atoms with Crippen molar-refractivity contribution in [2.24, 2.45) is 0 Å². The number of aliphatic hydroxyl groups is 1. The van der Waals surface area contributed by atoms with Crippen LogP contribution in [0.3, 0.4) is 0 Å². The van der Waals surface area contributed by atoms with Crippen LogP contribution in [0.4, 0.5) is 0 Å². The van der Waals surface area contributed by atoms with Gasteiger partial charge in [-0.15, -0.1) is 0 Å². The summed E-state index contributed by atoms with van der Waals surface area (Å²) in [4.78, 5) is 4.67. The lowest BCUT2D eigenvalue weighted by Gasteiger charge is -2.35. The first-order valence-electron chi connectivity index (χ1n) is 7.71. The zero-order chi connectivity index (χ0) is 15.4. The Labute approximate surface area is 130 Å². The second kappa shape index (κ2) is 7.04. The molecule has 120 valence electrons. The monoisotopic (exact) mass is 305 g/mol. The SMILES string of the molecule is Cc1cc(CN2CCN(C[C@H](O)Cn3cccn3)CC2)no1. The summed E-state index contributed by atoms with van der Waals surface area (Å²) in [5.74, 6) is 0.857. The van der Waals surface area contributed by atoms with Crippen molar-refractivity contribution in [1.29, 1.82) is 0 Å². The lowest BCUT2D eigenvalue weighted by molar-refractivity contribution is 0.0599. The molecule has 3 rings (SSSR count). The normalized spacial score (nSPS) is 18.6. The third-order valence-electron chi connectivity index (χ3n) is 3.95. The predicted molar refractivity (Wildman–Crippen MR) is 81.2 cm³/mol. The minimum Gasteiger partial charge on any atom is -0.390 e. The van der Waals surface area contributed by atoms with E-state index < -0.39 is 0 Å². The van der Waals surface area contributed by atoms with Gasteiger partial charge in [-0.25, -0.2) is 0 Å². The van der Waals surface area contributed by atoms with Gasteiger partial charge < -0.3 is 9.63 Å². The summed E-state index contributed by atoms with van der Waals surface area (Å²) in [5.41, 5.74) is 0.990. The van der Waals surface area contributed by atoms with E-state index in [9.17, 15) is 5.11 Å². The minimum atomic E-state index is -0.385. The first-order chi connectivity index (χ1) is 10.7. The maximum atomic E-state index is 10.1. The molecular formula is C15H23N5O2. The highest BCUT2D eigenvalue weighted by molar-refractivity contribution is 5.03. The number of hydrogen-bond acceptors (Lipinski definition) is 6. The highest BCUT2D eigenvalue weighted by Gasteiger charge is 2.20. The van der Waals surface area contributed by atoms with Crippen molar-refractivity contribution in [1.82, 2.24) is 24.7 Å². The maximum Gasteiger partial charge on any atom is 0.133 e. The summed E-state index contributed by atoms with van der Waals surface area (Å²) < 4.78 is 6.87. The number of hydrogen-bond donors (Lipinski definition) is 1. The Morgan fingerprint density at radius 2 is 2.00 bits per heavy atom. The van der Waals surface area contributed by atoms with Crippen LogP contribution in [-0.4, -0.2) is 68.7 Å². The summed E-state index contributed by atoms with van der Waals surface area (Å²) in [6, 6.07) is 3.86. The van der Waals surface area contributed by atoms with Gasteiger partial charge in [-0.05, 0) is 13.0 Å². The van der Waals surface area contributed by atoms with Crippen LogP contribution in [0, 0.1) is 6.92 Å². The summed E-state index contributed by atoms with van der Waals surface area (Å²) in [7, 11) is 0. The van der Waals surface area contributed by atoms with E-state index in [2.05, 4.69) is 20.1 Å². The van der Waals surface area contributed by atoms with E-state index in [-0.39, 0.29) is 6.10 Å². The smallest absolute Gasteiger partial charge is 0.133 e. The molecule has 0 bridgehead atoms. The Kier molecular flexibility index (Phi) is 4.87. The third kappa shape index (κ3) is 4.16. The second-order valence-electron chi connectivity index (χ2n) is 5.89. The average molecular weight is 305 g/mol. The van der Waals surface area contributed by atoms with Crippen molar-refractivity contribution >= 4 is 0 Å². The summed E-state index contributed by atoms with van der Waals surface area (Å²) in [6.07, 6.45) is 3.22. The van der Waals surface area contributed by atoms with Gasteiger partial charge in [0.25, 0.3) is 0 Å². The molecule has 7 heteroatoms. The molecule has 1 aliphatic rings. The van der Waals surface area contributed by atoms with Crippen molar-refractivity contribution in [3.05, 3.63) is 36.0 Å². The van der Waals surface area contributed by atoms with Crippen LogP contribution in [0.5, 0.6) is 0 Å². The summed E-state index contributed by atoms with van der Waals surface area (Å²) in [6.45, 7) is 7.89. The predicted octanol–water partition coefficient (Wildman–Crippen LogP) is 0.358. The van der Waals surface area contributed by atoms with E-state index in [1.165, 1.54) is 0 Å². The largest absolute Gasteiger partial charge is 0.390 e. The average Bonchev–Trinajstić information content (AvgIpc) is 3.13. The van der Waals surface area contributed by atoms with Crippen molar-refractivity contribution in [3.8, 4) is 0 Å². The molecule has 1 N–H and O–H groups in total. The highest BCUT2D eigenvalue weighted by Crippen LogP contribution is 2.09. The van der Waals surface area contributed by atoms with Crippen LogP contribution in [0.15, 0.2) is 29.0 Å². The van der Waals surface area contributed by atoms with Crippen molar-refractivity contribution < 1.29 is 9.63 Å². The Balaban J connectivity index is 1.39. The van der Waals surface area contributed by atoms with E-state index in [4.69, 9.17) is 4.52 Å². The van der Waals surface area contributed by atoms with Crippen LogP contribution in [-0.2, 0) is 13.1 Å². The molecule has 0 amide bonds. The summed E-state index contributed by atoms with van der Waals surface area (Å²) in [5, 5.41) is 18.3. The number of nitrogens with zero attached hydrogens (tertiary/aromatic N) is 5. The first-order valence-corrected chi connectivity index (χ1v) is 7.71. The van der Waals surface area contributed by atoms with Crippen molar-refractivity contribution in [2.45, 2.75) is 26.1 Å². The molecule has 7 nitrogen and oxygen atoms in total. The van der Waals surface area contributed by atoms with Gasteiger partial charge in [0.15, 0.2) is 0 Å². The molecule has 0 unspecified atom stereocenters. The lowest BCUT2D eigenvalue weighted by atomic mass is 10.2. The molecule has 1 atom stereocenters. The third-order valence-corrected chi connectivity index (χ3v) is 3.95. The highest BCUT2D eigenvalue weighted by atomic mass is 16.5. The fraction of sp³-hybridized carbons (Fsp3) is 0.600. The van der Waals surface area contributed by atoms with Gasteiger partial charge in [-0.3, -0.25) is 14.5 Å². The second-order valence-corrected chi connectivity index (χ2v) is 5.89. The van der Waals surface area contributed by atoms with Gasteiger partial charge >= 0.3 is 0 Å². The molecule has 0 radical (unpaired) electrons. The van der Waals surface area contributed by atoms with Crippen LogP contribution in [0.1, 0.15) is 11.5 Å². The molecule has 1 aliphatic heterocycles. The van der Waals surface area contributed by atoms with Gasteiger partial charge in [0.2, 0.25) is 0 Å². The number of aliphatic hydroxyl groups excluding tert-OH is 1. The molecule has 2 aromatic rings. The zero-order valence-electron chi connectivity index (χ0n) is 12.9. The first kappa shape index (κ1) is 15.2. The molecule has 0 saturated carbocycles. The minimum absolute atomic E-state index is 0.385. The fourth-order valence-electron chi connectivity index (χ4n) is 2.83. The van der Waals surface area contributed by atoms with Gasteiger partial charge in [-0.2, -0.15) is 5.10 Å². The number of rotatable bonds is 6. The quantitative estimate of drug-likeness (QED) is 0.831.